The highest BCUT2D eigenvalue weighted by atomic mass is 79.9. The maximum absolute atomic E-state index is 11.7. The molecule has 1 N–H and O–H groups in total. The van der Waals surface area contributed by atoms with E-state index in [-0.39, 0.29) is 6.61 Å². The number of amides is 1. The Bertz CT molecular complexity index is 775. The summed E-state index contributed by atoms with van der Waals surface area (Å²) in [5.41, 5.74) is 1.03. The SMILES string of the molecule is N#Cc1ccc(NC(=O)COC(=O)/C=C/c2ccc(Br)s2)cc1. The van der Waals surface area contributed by atoms with Crippen LogP contribution in [-0.4, -0.2) is 18.5 Å². The van der Waals surface area contributed by atoms with Crippen LogP contribution < -0.4 is 5.32 Å². The summed E-state index contributed by atoms with van der Waals surface area (Å²) in [5.74, 6) is -1.04. The van der Waals surface area contributed by atoms with Crippen LogP contribution in [0.3, 0.4) is 0 Å². The third kappa shape index (κ3) is 5.70. The van der Waals surface area contributed by atoms with E-state index in [0.29, 0.717) is 11.3 Å². The first kappa shape index (κ1) is 16.9. The third-order valence-electron chi connectivity index (χ3n) is 2.62. The first-order valence-corrected chi connectivity index (χ1v) is 8.08. The molecule has 1 heterocycles. The predicted octanol–water partition coefficient (Wildman–Crippen LogP) is 3.58. The van der Waals surface area contributed by atoms with Crippen LogP contribution in [0.4, 0.5) is 5.69 Å². The Balaban J connectivity index is 1.78. The van der Waals surface area contributed by atoms with Gasteiger partial charge in [-0.3, -0.25) is 4.79 Å². The van der Waals surface area contributed by atoms with Gasteiger partial charge in [-0.25, -0.2) is 4.79 Å². The standard InChI is InChI=1S/C16H11BrN2O3S/c17-14-7-5-13(23-14)6-8-16(21)22-10-15(20)19-12-3-1-11(9-18)2-4-12/h1-8H,10H2,(H,19,20)/b8-6+. The average Bonchev–Trinajstić information content (AvgIpc) is 2.97. The number of benzene rings is 1. The first-order valence-electron chi connectivity index (χ1n) is 6.47. The number of carbonyl (C=O) groups is 2. The quantitative estimate of drug-likeness (QED) is 0.624. The molecule has 116 valence electrons. The zero-order valence-corrected chi connectivity index (χ0v) is 14.2. The Kier molecular flexibility index (Phi) is 6.09. The van der Waals surface area contributed by atoms with Gasteiger partial charge in [0.05, 0.1) is 15.4 Å². The molecule has 0 aliphatic heterocycles. The van der Waals surface area contributed by atoms with Crippen LogP contribution in [0.25, 0.3) is 6.08 Å². The normalized spacial score (nSPS) is 10.3. The van der Waals surface area contributed by atoms with Gasteiger partial charge in [0.15, 0.2) is 6.61 Å². The topological polar surface area (TPSA) is 79.2 Å². The highest BCUT2D eigenvalue weighted by molar-refractivity contribution is 9.11. The molecular formula is C16H11BrN2O3S. The van der Waals surface area contributed by atoms with Crippen molar-refractivity contribution >= 4 is 50.9 Å². The molecule has 0 saturated carbocycles. The summed E-state index contributed by atoms with van der Waals surface area (Å²) < 4.78 is 5.82. The summed E-state index contributed by atoms with van der Waals surface area (Å²) in [7, 11) is 0. The zero-order valence-electron chi connectivity index (χ0n) is 11.8. The molecule has 1 amide bonds. The smallest absolute Gasteiger partial charge is 0.331 e. The largest absolute Gasteiger partial charge is 0.452 e. The number of rotatable bonds is 5. The lowest BCUT2D eigenvalue weighted by molar-refractivity contribution is -0.142. The molecule has 0 fully saturated rings. The summed E-state index contributed by atoms with van der Waals surface area (Å²) in [4.78, 5) is 24.1. The van der Waals surface area contributed by atoms with Gasteiger partial charge in [-0.1, -0.05) is 0 Å². The summed E-state index contributed by atoms with van der Waals surface area (Å²) in [5, 5.41) is 11.3. The van der Waals surface area contributed by atoms with E-state index in [1.54, 1.807) is 30.3 Å². The van der Waals surface area contributed by atoms with Gasteiger partial charge in [-0.05, 0) is 58.4 Å². The number of nitriles is 1. The number of halogens is 1. The minimum absolute atomic E-state index is 0.378. The summed E-state index contributed by atoms with van der Waals surface area (Å²) in [6, 6.07) is 12.1. The van der Waals surface area contributed by atoms with Crippen molar-refractivity contribution in [2.24, 2.45) is 0 Å². The Hall–Kier alpha value is -2.43. The molecule has 0 aliphatic rings. The number of esters is 1. The van der Waals surface area contributed by atoms with Crippen LogP contribution in [0.2, 0.25) is 0 Å². The molecule has 0 radical (unpaired) electrons. The first-order chi connectivity index (χ1) is 11.1. The maximum atomic E-state index is 11.7. The summed E-state index contributed by atoms with van der Waals surface area (Å²) >= 11 is 4.81. The molecule has 1 aromatic heterocycles. The van der Waals surface area contributed by atoms with Crippen molar-refractivity contribution in [1.82, 2.24) is 0 Å². The fraction of sp³-hybridized carbons (Fsp3) is 0.0625. The van der Waals surface area contributed by atoms with Crippen molar-refractivity contribution in [3.05, 3.63) is 56.7 Å². The molecule has 7 heteroatoms. The summed E-state index contributed by atoms with van der Waals surface area (Å²) in [6.07, 6.45) is 2.89. The van der Waals surface area contributed by atoms with Gasteiger partial charge in [-0.2, -0.15) is 5.26 Å². The highest BCUT2D eigenvalue weighted by Gasteiger charge is 2.06. The van der Waals surface area contributed by atoms with E-state index in [1.807, 2.05) is 18.2 Å². The van der Waals surface area contributed by atoms with Crippen molar-refractivity contribution < 1.29 is 14.3 Å². The molecule has 5 nitrogen and oxygen atoms in total. The Morgan fingerprint density at radius 3 is 2.61 bits per heavy atom. The average molecular weight is 391 g/mol. The van der Waals surface area contributed by atoms with Crippen LogP contribution in [0.5, 0.6) is 0 Å². The van der Waals surface area contributed by atoms with E-state index >= 15 is 0 Å². The van der Waals surface area contributed by atoms with E-state index < -0.39 is 11.9 Å². The lowest BCUT2D eigenvalue weighted by Gasteiger charge is -2.05. The number of carbonyl (C=O) groups excluding carboxylic acids is 2. The number of hydrogen-bond acceptors (Lipinski definition) is 5. The molecule has 0 atom stereocenters. The molecule has 0 bridgehead atoms. The van der Waals surface area contributed by atoms with E-state index in [1.165, 1.54) is 17.4 Å². The number of nitrogens with zero attached hydrogens (tertiary/aromatic N) is 1. The van der Waals surface area contributed by atoms with Gasteiger partial charge >= 0.3 is 5.97 Å². The monoisotopic (exact) mass is 390 g/mol. The molecule has 0 unspecified atom stereocenters. The number of thiophene rings is 1. The molecule has 2 rings (SSSR count). The predicted molar refractivity (Wildman–Crippen MR) is 91.8 cm³/mol. The number of anilines is 1. The van der Waals surface area contributed by atoms with Crippen molar-refractivity contribution in [1.29, 1.82) is 5.26 Å². The molecular weight excluding hydrogens is 380 g/mol. The van der Waals surface area contributed by atoms with Crippen LogP contribution in [0.15, 0.2) is 46.3 Å². The van der Waals surface area contributed by atoms with Gasteiger partial charge in [-0.15, -0.1) is 11.3 Å². The molecule has 0 aliphatic carbocycles. The second kappa shape index (κ2) is 8.27. The molecule has 0 saturated heterocycles. The van der Waals surface area contributed by atoms with Crippen molar-refractivity contribution in [2.75, 3.05) is 11.9 Å². The van der Waals surface area contributed by atoms with Gasteiger partial charge in [0.1, 0.15) is 0 Å². The van der Waals surface area contributed by atoms with E-state index in [9.17, 15) is 9.59 Å². The number of hydrogen-bond donors (Lipinski definition) is 1. The highest BCUT2D eigenvalue weighted by Crippen LogP contribution is 2.22. The number of ether oxygens (including phenoxy) is 1. The van der Waals surface area contributed by atoms with Crippen molar-refractivity contribution in [3.8, 4) is 6.07 Å². The lowest BCUT2D eigenvalue weighted by atomic mass is 10.2. The lowest BCUT2D eigenvalue weighted by Crippen LogP contribution is -2.20. The maximum Gasteiger partial charge on any atom is 0.331 e. The van der Waals surface area contributed by atoms with Crippen LogP contribution in [-0.2, 0) is 14.3 Å². The van der Waals surface area contributed by atoms with Crippen LogP contribution >= 0.6 is 27.3 Å². The van der Waals surface area contributed by atoms with Gasteiger partial charge in [0, 0.05) is 16.6 Å². The van der Waals surface area contributed by atoms with Crippen LogP contribution in [0.1, 0.15) is 10.4 Å². The second-order valence-corrected chi connectivity index (χ2v) is 6.81. The summed E-state index contributed by atoms with van der Waals surface area (Å²) in [6.45, 7) is -0.378. The minimum atomic E-state index is -0.593. The Labute approximate surface area is 145 Å². The second-order valence-electron chi connectivity index (χ2n) is 4.32. The Morgan fingerprint density at radius 2 is 2.00 bits per heavy atom. The van der Waals surface area contributed by atoms with Gasteiger partial charge in [0.2, 0.25) is 0 Å². The molecule has 23 heavy (non-hydrogen) atoms. The fourth-order valence-corrected chi connectivity index (χ4v) is 2.90. The van der Waals surface area contributed by atoms with Gasteiger partial charge < -0.3 is 10.1 Å². The molecule has 1 aromatic carbocycles. The zero-order chi connectivity index (χ0) is 16.7. The van der Waals surface area contributed by atoms with E-state index in [0.717, 1.165) is 8.66 Å². The molecule has 0 spiro atoms. The van der Waals surface area contributed by atoms with E-state index in [2.05, 4.69) is 21.2 Å². The van der Waals surface area contributed by atoms with Crippen molar-refractivity contribution in [3.63, 3.8) is 0 Å². The number of nitrogens with one attached hydrogen (secondary N) is 1. The fourth-order valence-electron chi connectivity index (χ4n) is 1.58. The van der Waals surface area contributed by atoms with Crippen molar-refractivity contribution in [2.45, 2.75) is 0 Å². The molecule has 2 aromatic rings. The minimum Gasteiger partial charge on any atom is -0.452 e. The third-order valence-corrected chi connectivity index (χ3v) is 4.21. The van der Waals surface area contributed by atoms with Gasteiger partial charge in [0.25, 0.3) is 5.91 Å². The Morgan fingerprint density at radius 1 is 1.26 bits per heavy atom. The van der Waals surface area contributed by atoms with E-state index in [4.69, 9.17) is 10.00 Å². The van der Waals surface area contributed by atoms with Crippen LogP contribution in [0, 0.1) is 11.3 Å².